The minimum absolute atomic E-state index is 0.631. The molecule has 0 N–H and O–H groups in total. The number of benzene rings is 5. The summed E-state index contributed by atoms with van der Waals surface area (Å²) in [6.45, 7) is 0. The van der Waals surface area contributed by atoms with Crippen molar-refractivity contribution in [3.8, 4) is 45.1 Å². The lowest BCUT2D eigenvalue weighted by molar-refractivity contribution is 0.485. The van der Waals surface area contributed by atoms with Crippen LogP contribution in [0.5, 0.6) is 11.5 Å². The van der Waals surface area contributed by atoms with Crippen LogP contribution in [0.3, 0.4) is 0 Å². The molecule has 1 atom stereocenters. The molecular formula is C36H24N3O2P. The maximum absolute atomic E-state index is 15.1. The molecule has 0 fully saturated rings. The van der Waals surface area contributed by atoms with Crippen LogP contribution in [-0.2, 0) is 4.57 Å². The fraction of sp³-hybridized carbons (Fsp3) is 0. The zero-order chi connectivity index (χ0) is 28.1. The normalized spacial score (nSPS) is 15.5. The zero-order valence-corrected chi connectivity index (χ0v) is 23.4. The molecule has 5 nitrogen and oxygen atoms in total. The molecule has 0 aliphatic carbocycles. The fourth-order valence-electron chi connectivity index (χ4n) is 5.78. The highest BCUT2D eigenvalue weighted by atomic mass is 31.2. The van der Waals surface area contributed by atoms with Gasteiger partial charge in [-0.25, -0.2) is 9.97 Å². The monoisotopic (exact) mass is 561 g/mol. The van der Waals surface area contributed by atoms with Crippen molar-refractivity contribution in [3.63, 3.8) is 0 Å². The van der Waals surface area contributed by atoms with Crippen LogP contribution in [0.2, 0.25) is 0 Å². The lowest BCUT2D eigenvalue weighted by Gasteiger charge is -2.29. The van der Waals surface area contributed by atoms with Gasteiger partial charge < -0.3 is 9.30 Å². The Balaban J connectivity index is 1.23. The molecule has 1 aliphatic heterocycles. The quantitative estimate of drug-likeness (QED) is 0.209. The molecule has 5 aromatic carbocycles. The summed E-state index contributed by atoms with van der Waals surface area (Å²) in [7, 11) is -3.15. The van der Waals surface area contributed by atoms with E-state index in [4.69, 9.17) is 9.72 Å². The van der Waals surface area contributed by atoms with Crippen LogP contribution in [0, 0.1) is 0 Å². The molecule has 6 heteroatoms. The van der Waals surface area contributed by atoms with E-state index in [9.17, 15) is 0 Å². The highest BCUT2D eigenvalue weighted by molar-refractivity contribution is 7.85. The average molecular weight is 562 g/mol. The van der Waals surface area contributed by atoms with Gasteiger partial charge in [0.05, 0.1) is 22.0 Å². The fourth-order valence-corrected chi connectivity index (χ4v) is 8.66. The Bertz CT molecular complexity index is 2140. The molecule has 1 aliphatic rings. The number of imidazole rings is 1. The van der Waals surface area contributed by atoms with E-state index in [2.05, 4.69) is 41.4 Å². The predicted octanol–water partition coefficient (Wildman–Crippen LogP) is 7.48. The van der Waals surface area contributed by atoms with Gasteiger partial charge in [0, 0.05) is 28.8 Å². The van der Waals surface area contributed by atoms with Gasteiger partial charge in [0.1, 0.15) is 11.5 Å². The van der Waals surface area contributed by atoms with Crippen LogP contribution < -0.4 is 20.7 Å². The summed E-state index contributed by atoms with van der Waals surface area (Å²) < 4.78 is 23.3. The molecule has 7 aromatic rings. The number of rotatable bonds is 4. The molecular weight excluding hydrogens is 537 g/mol. The van der Waals surface area contributed by atoms with Gasteiger partial charge >= 0.3 is 0 Å². The number of hydrogen-bond donors (Lipinski definition) is 0. The Labute approximate surface area is 243 Å². The van der Waals surface area contributed by atoms with Crippen LogP contribution in [-0.4, -0.2) is 14.4 Å². The minimum atomic E-state index is -3.15. The van der Waals surface area contributed by atoms with Crippen molar-refractivity contribution in [1.82, 2.24) is 14.4 Å². The maximum atomic E-state index is 15.1. The summed E-state index contributed by atoms with van der Waals surface area (Å²) in [6.07, 6.45) is 3.75. The summed E-state index contributed by atoms with van der Waals surface area (Å²) >= 11 is 0. The Hall–Kier alpha value is -5.25. The first-order chi connectivity index (χ1) is 20.7. The summed E-state index contributed by atoms with van der Waals surface area (Å²) in [5.41, 5.74) is 5.93. The molecule has 2 aromatic heterocycles. The summed E-state index contributed by atoms with van der Waals surface area (Å²) in [6, 6.07) is 43.9. The van der Waals surface area contributed by atoms with E-state index in [0.29, 0.717) is 22.6 Å². The summed E-state index contributed by atoms with van der Waals surface area (Å²) in [5, 5.41) is 2.24. The Morgan fingerprint density at radius 1 is 0.595 bits per heavy atom. The minimum Gasteiger partial charge on any atom is -0.456 e. The van der Waals surface area contributed by atoms with Gasteiger partial charge in [0.15, 0.2) is 7.14 Å². The predicted molar refractivity (Wildman–Crippen MR) is 169 cm³/mol. The lowest BCUT2D eigenvalue weighted by Crippen LogP contribution is -2.30. The highest BCUT2D eigenvalue weighted by Gasteiger charge is 2.39. The number of ether oxygens (including phenoxy) is 1. The number of fused-ring (bicyclic) bond motifs is 3. The first kappa shape index (κ1) is 24.5. The van der Waals surface area contributed by atoms with Gasteiger partial charge in [0.25, 0.3) is 0 Å². The van der Waals surface area contributed by atoms with Crippen molar-refractivity contribution in [1.29, 1.82) is 0 Å². The van der Waals surface area contributed by atoms with Gasteiger partial charge in [0.2, 0.25) is 5.78 Å². The van der Waals surface area contributed by atoms with Gasteiger partial charge in [-0.1, -0.05) is 103 Å². The maximum Gasteiger partial charge on any atom is 0.234 e. The third kappa shape index (κ3) is 3.82. The number of nitrogens with zero attached hydrogens (tertiary/aromatic N) is 3. The van der Waals surface area contributed by atoms with E-state index >= 15 is 4.57 Å². The molecule has 1 unspecified atom stereocenters. The van der Waals surface area contributed by atoms with E-state index in [1.807, 2.05) is 108 Å². The van der Waals surface area contributed by atoms with Gasteiger partial charge in [-0.15, -0.1) is 0 Å². The Kier molecular flexibility index (Phi) is 5.66. The smallest absolute Gasteiger partial charge is 0.234 e. The first-order valence-corrected chi connectivity index (χ1v) is 15.5. The van der Waals surface area contributed by atoms with E-state index in [-0.39, 0.29) is 0 Å². The number of hydrogen-bond acceptors (Lipinski definition) is 4. The molecule has 0 saturated carbocycles. The van der Waals surface area contributed by atoms with Crippen LogP contribution in [0.15, 0.2) is 146 Å². The molecule has 0 amide bonds. The molecule has 0 spiro atoms. The van der Waals surface area contributed by atoms with Crippen molar-refractivity contribution >= 4 is 28.8 Å². The second kappa shape index (κ2) is 9.69. The van der Waals surface area contributed by atoms with Crippen molar-refractivity contribution in [2.45, 2.75) is 0 Å². The van der Waals surface area contributed by atoms with Crippen molar-refractivity contribution in [2.24, 2.45) is 0 Å². The molecule has 8 rings (SSSR count). The molecule has 42 heavy (non-hydrogen) atoms. The standard InChI is InChI=1S/C36H24N3O2P/c40-42(29-12-5-2-6-13-29)32-15-8-7-14-30(32)41-31-21-20-28(24-33(31)42)25-16-18-26(19-17-25)34-35(27-10-3-1-4-11-27)39-23-9-22-37-36(39)38-34/h1-24H. The first-order valence-electron chi connectivity index (χ1n) is 13.8. The second-order valence-corrected chi connectivity index (χ2v) is 12.9. The molecule has 0 bridgehead atoms. The SMILES string of the molecule is O=P1(c2ccccc2)c2ccccc2Oc2ccc(-c3ccc(-c4nc5ncccn5c4-c4ccccc4)cc3)cc21. The average Bonchev–Trinajstić information content (AvgIpc) is 3.45. The van der Waals surface area contributed by atoms with Crippen LogP contribution in [0.4, 0.5) is 0 Å². The summed E-state index contributed by atoms with van der Waals surface area (Å²) in [5.74, 6) is 1.93. The molecule has 200 valence electrons. The molecule has 0 saturated heterocycles. The van der Waals surface area contributed by atoms with Crippen molar-refractivity contribution in [2.75, 3.05) is 0 Å². The number of aromatic nitrogens is 3. The van der Waals surface area contributed by atoms with Crippen LogP contribution in [0.25, 0.3) is 39.4 Å². The van der Waals surface area contributed by atoms with Gasteiger partial charge in [-0.2, -0.15) is 0 Å². The zero-order valence-electron chi connectivity index (χ0n) is 22.5. The summed E-state index contributed by atoms with van der Waals surface area (Å²) in [4.78, 5) is 9.38. The largest absolute Gasteiger partial charge is 0.456 e. The van der Waals surface area contributed by atoms with Crippen LogP contribution in [0.1, 0.15) is 0 Å². The van der Waals surface area contributed by atoms with E-state index < -0.39 is 7.14 Å². The van der Waals surface area contributed by atoms with Crippen LogP contribution >= 0.6 is 7.14 Å². The Morgan fingerprint density at radius 2 is 1.26 bits per heavy atom. The van der Waals surface area contributed by atoms with Gasteiger partial charge in [-0.3, -0.25) is 4.40 Å². The lowest BCUT2D eigenvalue weighted by atomic mass is 10.0. The topological polar surface area (TPSA) is 56.5 Å². The Morgan fingerprint density at radius 3 is 2.07 bits per heavy atom. The third-order valence-corrected chi connectivity index (χ3v) is 10.9. The molecule has 0 radical (unpaired) electrons. The number of para-hydroxylation sites is 1. The highest BCUT2D eigenvalue weighted by Crippen LogP contribution is 2.52. The van der Waals surface area contributed by atoms with Crippen molar-refractivity contribution in [3.05, 3.63) is 146 Å². The van der Waals surface area contributed by atoms with Crippen molar-refractivity contribution < 1.29 is 9.30 Å². The second-order valence-electron chi connectivity index (χ2n) is 10.2. The molecule has 3 heterocycles. The van der Waals surface area contributed by atoms with E-state index in [0.717, 1.165) is 44.3 Å². The van der Waals surface area contributed by atoms with Gasteiger partial charge in [-0.05, 0) is 41.5 Å². The third-order valence-electron chi connectivity index (χ3n) is 7.78. The van der Waals surface area contributed by atoms with E-state index in [1.54, 1.807) is 6.20 Å². The van der Waals surface area contributed by atoms with E-state index in [1.165, 1.54) is 0 Å².